The Balaban J connectivity index is 1.30. The molecule has 1 aliphatic carbocycles. The number of nitrogens with zero attached hydrogens (tertiary/aromatic N) is 3. The van der Waals surface area contributed by atoms with Crippen molar-refractivity contribution in [2.75, 3.05) is 31.1 Å². The van der Waals surface area contributed by atoms with Crippen LogP contribution in [0.4, 0.5) is 5.82 Å². The topological polar surface area (TPSA) is 60.5 Å². The van der Waals surface area contributed by atoms with Gasteiger partial charge in [0.25, 0.3) is 0 Å². The van der Waals surface area contributed by atoms with Crippen LogP contribution in [0.25, 0.3) is 0 Å². The van der Waals surface area contributed by atoms with Crippen molar-refractivity contribution in [3.8, 4) is 0 Å². The van der Waals surface area contributed by atoms with Crippen molar-refractivity contribution in [3.05, 3.63) is 24.4 Å². The number of anilines is 1. The second kappa shape index (κ2) is 5.85. The number of amides is 1. The Kier molecular flexibility index (Phi) is 3.72. The number of carbonyl (C=O) groups is 1. The van der Waals surface area contributed by atoms with Crippen LogP contribution in [0.15, 0.2) is 24.4 Å². The molecule has 6 heteroatoms. The van der Waals surface area contributed by atoms with Gasteiger partial charge in [-0.25, -0.2) is 10.4 Å². The van der Waals surface area contributed by atoms with Crippen LogP contribution in [-0.2, 0) is 4.79 Å². The van der Waals surface area contributed by atoms with E-state index in [0.29, 0.717) is 6.04 Å². The van der Waals surface area contributed by atoms with Gasteiger partial charge in [-0.05, 0) is 37.3 Å². The Morgan fingerprint density at radius 1 is 1.14 bits per heavy atom. The van der Waals surface area contributed by atoms with E-state index in [4.69, 9.17) is 0 Å². The fourth-order valence-electron chi connectivity index (χ4n) is 3.47. The molecule has 3 fully saturated rings. The molecule has 4 rings (SSSR count). The van der Waals surface area contributed by atoms with E-state index in [1.807, 2.05) is 29.3 Å². The quantitative estimate of drug-likeness (QED) is 0.845. The van der Waals surface area contributed by atoms with Crippen molar-refractivity contribution in [1.29, 1.82) is 0 Å². The summed E-state index contributed by atoms with van der Waals surface area (Å²) in [5, 5.41) is 0. The summed E-state index contributed by atoms with van der Waals surface area (Å²) in [5.74, 6) is 2.03. The van der Waals surface area contributed by atoms with Crippen molar-refractivity contribution in [2.24, 2.45) is 5.92 Å². The molecule has 3 aliphatic rings. The summed E-state index contributed by atoms with van der Waals surface area (Å²) in [4.78, 5) is 21.2. The zero-order valence-corrected chi connectivity index (χ0v) is 12.7. The maximum Gasteiger partial charge on any atom is 0.241 e. The highest BCUT2D eigenvalue weighted by Crippen LogP contribution is 2.35. The minimum absolute atomic E-state index is 0.0491. The molecule has 2 saturated heterocycles. The molecule has 6 nitrogen and oxygen atoms in total. The first-order valence-electron chi connectivity index (χ1n) is 8.27. The van der Waals surface area contributed by atoms with Gasteiger partial charge in [-0.15, -0.1) is 0 Å². The highest BCUT2D eigenvalue weighted by molar-refractivity contribution is 5.82. The highest BCUT2D eigenvalue weighted by atomic mass is 16.2. The minimum Gasteiger partial charge on any atom is -0.353 e. The summed E-state index contributed by atoms with van der Waals surface area (Å²) >= 11 is 0. The third-order valence-electron chi connectivity index (χ3n) is 4.99. The lowest BCUT2D eigenvalue weighted by molar-refractivity contribution is -0.133. The van der Waals surface area contributed by atoms with Crippen LogP contribution in [0.3, 0.4) is 0 Å². The summed E-state index contributed by atoms with van der Waals surface area (Å²) in [5.41, 5.74) is 6.51. The van der Waals surface area contributed by atoms with Gasteiger partial charge in [0.1, 0.15) is 11.9 Å². The third kappa shape index (κ3) is 2.80. The van der Waals surface area contributed by atoms with E-state index >= 15 is 0 Å². The number of nitrogens with one attached hydrogen (secondary N) is 2. The second-order valence-corrected chi connectivity index (χ2v) is 6.52. The Morgan fingerprint density at radius 3 is 2.64 bits per heavy atom. The number of hydrogen-bond donors (Lipinski definition) is 2. The minimum atomic E-state index is -0.0491. The van der Waals surface area contributed by atoms with Crippen LogP contribution in [0, 0.1) is 5.92 Å². The van der Waals surface area contributed by atoms with Crippen LogP contribution >= 0.6 is 0 Å². The molecule has 22 heavy (non-hydrogen) atoms. The summed E-state index contributed by atoms with van der Waals surface area (Å²) in [6, 6.07) is 6.40. The van der Waals surface area contributed by atoms with Gasteiger partial charge in [-0.2, -0.15) is 0 Å². The van der Waals surface area contributed by atoms with Gasteiger partial charge in [-0.3, -0.25) is 10.2 Å². The number of hydrogen-bond acceptors (Lipinski definition) is 5. The molecule has 1 aromatic rings. The zero-order chi connectivity index (χ0) is 14.9. The van der Waals surface area contributed by atoms with Crippen molar-refractivity contribution in [2.45, 2.75) is 31.3 Å². The normalized spacial score (nSPS) is 28.9. The summed E-state index contributed by atoms with van der Waals surface area (Å²) < 4.78 is 0. The monoisotopic (exact) mass is 301 g/mol. The standard InChI is InChI=1S/C16H23N5O/c22-16(14-11-13(18-19-14)12-4-5-12)21-9-7-20(8-10-21)15-3-1-2-6-17-15/h1-3,6,12-14,18-19H,4-5,7-11H2. The van der Waals surface area contributed by atoms with Crippen molar-refractivity contribution in [3.63, 3.8) is 0 Å². The molecule has 0 bridgehead atoms. The molecule has 1 amide bonds. The van der Waals surface area contributed by atoms with E-state index in [-0.39, 0.29) is 11.9 Å². The average molecular weight is 301 g/mol. The maximum absolute atomic E-state index is 12.6. The first-order chi connectivity index (χ1) is 10.8. The van der Waals surface area contributed by atoms with E-state index in [1.165, 1.54) is 12.8 Å². The molecule has 0 radical (unpaired) electrons. The number of aromatic nitrogens is 1. The average Bonchev–Trinajstić information content (AvgIpc) is 3.32. The predicted octanol–water partition coefficient (Wildman–Crippen LogP) is 0.375. The van der Waals surface area contributed by atoms with Gasteiger partial charge in [0, 0.05) is 38.4 Å². The molecule has 3 heterocycles. The van der Waals surface area contributed by atoms with E-state index in [1.54, 1.807) is 0 Å². The van der Waals surface area contributed by atoms with Gasteiger partial charge < -0.3 is 9.80 Å². The number of carbonyl (C=O) groups excluding carboxylic acids is 1. The molecule has 2 N–H and O–H groups in total. The van der Waals surface area contributed by atoms with Gasteiger partial charge in [-0.1, -0.05) is 6.07 Å². The predicted molar refractivity (Wildman–Crippen MR) is 84.2 cm³/mol. The Morgan fingerprint density at radius 2 is 1.95 bits per heavy atom. The molecular formula is C16H23N5O. The first-order valence-corrected chi connectivity index (χ1v) is 8.27. The fourth-order valence-corrected chi connectivity index (χ4v) is 3.47. The smallest absolute Gasteiger partial charge is 0.241 e. The lowest BCUT2D eigenvalue weighted by atomic mass is 10.1. The van der Waals surface area contributed by atoms with Crippen molar-refractivity contribution < 1.29 is 4.79 Å². The Bertz CT molecular complexity index is 525. The van der Waals surface area contributed by atoms with Crippen molar-refractivity contribution in [1.82, 2.24) is 20.7 Å². The van der Waals surface area contributed by atoms with E-state index in [0.717, 1.165) is 44.3 Å². The summed E-state index contributed by atoms with van der Waals surface area (Å²) in [6.07, 6.45) is 5.37. The van der Waals surface area contributed by atoms with Crippen LogP contribution in [0.2, 0.25) is 0 Å². The third-order valence-corrected chi connectivity index (χ3v) is 4.99. The number of pyridine rings is 1. The van der Waals surface area contributed by atoms with Gasteiger partial charge in [0.05, 0.1) is 0 Å². The van der Waals surface area contributed by atoms with Gasteiger partial charge >= 0.3 is 0 Å². The first kappa shape index (κ1) is 14.0. The second-order valence-electron chi connectivity index (χ2n) is 6.52. The van der Waals surface area contributed by atoms with E-state index in [2.05, 4.69) is 20.7 Å². The molecule has 2 aliphatic heterocycles. The van der Waals surface area contributed by atoms with Crippen LogP contribution in [0.1, 0.15) is 19.3 Å². The zero-order valence-electron chi connectivity index (χ0n) is 12.7. The summed E-state index contributed by atoms with van der Waals surface area (Å²) in [7, 11) is 0. The molecular weight excluding hydrogens is 278 g/mol. The Hall–Kier alpha value is -1.66. The highest BCUT2D eigenvalue weighted by Gasteiger charge is 2.40. The van der Waals surface area contributed by atoms with Crippen molar-refractivity contribution >= 4 is 11.7 Å². The number of hydrazine groups is 1. The van der Waals surface area contributed by atoms with Gasteiger partial charge in [0.15, 0.2) is 0 Å². The molecule has 2 atom stereocenters. The Labute approximate surface area is 130 Å². The summed E-state index contributed by atoms with van der Waals surface area (Å²) in [6.45, 7) is 3.27. The maximum atomic E-state index is 12.6. The molecule has 1 aromatic heterocycles. The fraction of sp³-hybridized carbons (Fsp3) is 0.625. The van der Waals surface area contributed by atoms with Gasteiger partial charge in [0.2, 0.25) is 5.91 Å². The largest absolute Gasteiger partial charge is 0.353 e. The number of rotatable bonds is 3. The van der Waals surface area contributed by atoms with Crippen LogP contribution in [-0.4, -0.2) is 54.1 Å². The molecule has 2 unspecified atom stereocenters. The van der Waals surface area contributed by atoms with E-state index < -0.39 is 0 Å². The van der Waals surface area contributed by atoms with Crippen LogP contribution in [0.5, 0.6) is 0 Å². The lowest BCUT2D eigenvalue weighted by Crippen LogP contribution is -2.53. The molecule has 0 spiro atoms. The van der Waals surface area contributed by atoms with Crippen LogP contribution < -0.4 is 15.8 Å². The molecule has 0 aromatic carbocycles. The SMILES string of the molecule is O=C(C1CC(C2CC2)NN1)N1CCN(c2ccccn2)CC1. The molecule has 1 saturated carbocycles. The number of piperazine rings is 1. The molecule has 118 valence electrons. The lowest BCUT2D eigenvalue weighted by Gasteiger charge is -2.36. The van der Waals surface area contributed by atoms with E-state index in [9.17, 15) is 4.79 Å².